The highest BCUT2D eigenvalue weighted by Crippen LogP contribution is 2.29. The number of nitrogens with zero attached hydrogens (tertiary/aromatic N) is 3. The number of hydrogen-bond acceptors (Lipinski definition) is 8. The standard InChI is InChI=1S/C21H25N7O3/c1-14-8-9-22-20(12-14)26-19-7-6-18(27-28-19)23-10-11-24-21(29)25-15-4-5-16(30-2)17(13-15)31-3/h4-9,12-13H,10-11H2,1-3H3,(H,23,27)(H,22,26,28)(H2,24,25,29). The second-order valence-corrected chi connectivity index (χ2v) is 6.52. The van der Waals surface area contributed by atoms with Gasteiger partial charge in [-0.3, -0.25) is 0 Å². The highest BCUT2D eigenvalue weighted by Gasteiger charge is 2.07. The lowest BCUT2D eigenvalue weighted by Gasteiger charge is -2.11. The van der Waals surface area contributed by atoms with Crippen molar-refractivity contribution >= 4 is 29.2 Å². The summed E-state index contributed by atoms with van der Waals surface area (Å²) in [6.45, 7) is 2.88. The summed E-state index contributed by atoms with van der Waals surface area (Å²) >= 11 is 0. The predicted molar refractivity (Wildman–Crippen MR) is 119 cm³/mol. The fourth-order valence-corrected chi connectivity index (χ4v) is 2.68. The second-order valence-electron chi connectivity index (χ2n) is 6.52. The van der Waals surface area contributed by atoms with E-state index in [0.29, 0.717) is 47.7 Å². The van der Waals surface area contributed by atoms with Crippen LogP contribution in [0.15, 0.2) is 48.7 Å². The Morgan fingerprint density at radius 3 is 2.39 bits per heavy atom. The Morgan fingerprint density at radius 2 is 1.68 bits per heavy atom. The summed E-state index contributed by atoms with van der Waals surface area (Å²) < 4.78 is 10.4. The minimum Gasteiger partial charge on any atom is -0.493 e. The zero-order valence-corrected chi connectivity index (χ0v) is 17.6. The largest absolute Gasteiger partial charge is 0.493 e. The molecule has 1 aromatic carbocycles. The van der Waals surface area contributed by atoms with Gasteiger partial charge in [0.1, 0.15) is 11.6 Å². The molecule has 0 aliphatic rings. The Labute approximate surface area is 180 Å². The first-order chi connectivity index (χ1) is 15.1. The number of aromatic nitrogens is 3. The topological polar surface area (TPSA) is 122 Å². The van der Waals surface area contributed by atoms with E-state index in [1.165, 1.54) is 0 Å². The van der Waals surface area contributed by atoms with Gasteiger partial charge in [-0.25, -0.2) is 9.78 Å². The molecular weight excluding hydrogens is 398 g/mol. The van der Waals surface area contributed by atoms with Crippen molar-refractivity contribution in [1.82, 2.24) is 20.5 Å². The lowest BCUT2D eigenvalue weighted by Crippen LogP contribution is -2.32. The molecule has 0 saturated carbocycles. The number of urea groups is 1. The number of amides is 2. The number of nitrogens with one attached hydrogen (secondary N) is 4. The lowest BCUT2D eigenvalue weighted by atomic mass is 10.3. The van der Waals surface area contributed by atoms with Gasteiger partial charge in [0, 0.05) is 31.0 Å². The third-order valence-electron chi connectivity index (χ3n) is 4.19. The quantitative estimate of drug-likeness (QED) is 0.387. The number of methoxy groups -OCH3 is 2. The highest BCUT2D eigenvalue weighted by molar-refractivity contribution is 5.89. The minimum atomic E-state index is -0.328. The molecule has 0 radical (unpaired) electrons. The second kappa shape index (κ2) is 10.6. The third-order valence-corrected chi connectivity index (χ3v) is 4.19. The summed E-state index contributed by atoms with van der Waals surface area (Å²) in [4.78, 5) is 16.3. The van der Waals surface area contributed by atoms with E-state index in [-0.39, 0.29) is 6.03 Å². The van der Waals surface area contributed by atoms with Gasteiger partial charge in [0.05, 0.1) is 14.2 Å². The molecule has 2 amide bonds. The minimum absolute atomic E-state index is 0.328. The first-order valence-corrected chi connectivity index (χ1v) is 9.61. The Balaban J connectivity index is 1.40. The maximum absolute atomic E-state index is 12.1. The van der Waals surface area contributed by atoms with Crippen LogP contribution >= 0.6 is 0 Å². The summed E-state index contributed by atoms with van der Waals surface area (Å²) in [5, 5.41) is 19.9. The highest BCUT2D eigenvalue weighted by atomic mass is 16.5. The first-order valence-electron chi connectivity index (χ1n) is 9.61. The van der Waals surface area contributed by atoms with Gasteiger partial charge in [0.2, 0.25) is 0 Å². The van der Waals surface area contributed by atoms with E-state index in [4.69, 9.17) is 9.47 Å². The lowest BCUT2D eigenvalue weighted by molar-refractivity contribution is 0.252. The van der Waals surface area contributed by atoms with Crippen LogP contribution in [0, 0.1) is 6.92 Å². The van der Waals surface area contributed by atoms with Gasteiger partial charge < -0.3 is 30.7 Å². The van der Waals surface area contributed by atoms with Crippen molar-refractivity contribution in [3.63, 3.8) is 0 Å². The Bertz CT molecular complexity index is 1010. The van der Waals surface area contributed by atoms with Gasteiger partial charge in [-0.1, -0.05) is 0 Å². The summed E-state index contributed by atoms with van der Waals surface area (Å²) in [7, 11) is 3.10. The van der Waals surface area contributed by atoms with E-state index >= 15 is 0 Å². The number of benzene rings is 1. The molecular formula is C21H25N7O3. The van der Waals surface area contributed by atoms with E-state index in [1.54, 1.807) is 50.7 Å². The number of carbonyl (C=O) groups is 1. The van der Waals surface area contributed by atoms with E-state index in [0.717, 1.165) is 5.56 Å². The molecule has 2 aromatic heterocycles. The normalized spacial score (nSPS) is 10.2. The van der Waals surface area contributed by atoms with Crippen molar-refractivity contribution < 1.29 is 14.3 Å². The van der Waals surface area contributed by atoms with Crippen LogP contribution in [-0.2, 0) is 0 Å². The average Bonchev–Trinajstić information content (AvgIpc) is 2.77. The van der Waals surface area contributed by atoms with Gasteiger partial charge in [-0.2, -0.15) is 0 Å². The van der Waals surface area contributed by atoms with Gasteiger partial charge in [-0.15, -0.1) is 10.2 Å². The smallest absolute Gasteiger partial charge is 0.319 e. The van der Waals surface area contributed by atoms with Crippen LogP contribution in [0.2, 0.25) is 0 Å². The number of carbonyl (C=O) groups excluding carboxylic acids is 1. The number of rotatable bonds is 9. The summed E-state index contributed by atoms with van der Waals surface area (Å²) in [6, 6.07) is 12.3. The molecule has 4 N–H and O–H groups in total. The molecule has 3 aromatic rings. The molecule has 162 valence electrons. The molecule has 0 aliphatic heterocycles. The van der Waals surface area contributed by atoms with E-state index < -0.39 is 0 Å². The van der Waals surface area contributed by atoms with Crippen LogP contribution in [-0.4, -0.2) is 48.5 Å². The summed E-state index contributed by atoms with van der Waals surface area (Å²) in [5.41, 5.74) is 1.70. The average molecular weight is 423 g/mol. The van der Waals surface area contributed by atoms with Crippen molar-refractivity contribution in [3.8, 4) is 11.5 Å². The number of pyridine rings is 1. The molecule has 10 heteroatoms. The molecule has 0 unspecified atom stereocenters. The molecule has 0 saturated heterocycles. The Kier molecular flexibility index (Phi) is 7.41. The van der Waals surface area contributed by atoms with Crippen molar-refractivity contribution in [2.45, 2.75) is 6.92 Å². The van der Waals surface area contributed by atoms with Crippen LogP contribution in [0.5, 0.6) is 11.5 Å². The van der Waals surface area contributed by atoms with E-state index in [2.05, 4.69) is 36.4 Å². The molecule has 0 aliphatic carbocycles. The number of hydrogen-bond donors (Lipinski definition) is 4. The van der Waals surface area contributed by atoms with Crippen LogP contribution in [0.1, 0.15) is 5.56 Å². The van der Waals surface area contributed by atoms with E-state index in [9.17, 15) is 4.79 Å². The maximum Gasteiger partial charge on any atom is 0.319 e. The summed E-state index contributed by atoms with van der Waals surface area (Å²) in [6.07, 6.45) is 1.73. The number of anilines is 4. The van der Waals surface area contributed by atoms with Crippen molar-refractivity contribution in [3.05, 3.63) is 54.2 Å². The maximum atomic E-state index is 12.1. The van der Waals surface area contributed by atoms with Crippen LogP contribution < -0.4 is 30.7 Å². The first kappa shape index (κ1) is 21.6. The molecule has 31 heavy (non-hydrogen) atoms. The third kappa shape index (κ3) is 6.46. The zero-order chi connectivity index (χ0) is 22.1. The Morgan fingerprint density at radius 1 is 0.903 bits per heavy atom. The molecule has 0 bridgehead atoms. The van der Waals surface area contributed by atoms with Gasteiger partial charge >= 0.3 is 6.03 Å². The predicted octanol–water partition coefficient (Wildman–Crippen LogP) is 3.17. The molecule has 10 nitrogen and oxygen atoms in total. The fourth-order valence-electron chi connectivity index (χ4n) is 2.68. The number of ether oxygens (including phenoxy) is 2. The van der Waals surface area contributed by atoms with Gasteiger partial charge in [0.15, 0.2) is 17.3 Å². The molecule has 2 heterocycles. The Hall–Kier alpha value is -4.08. The van der Waals surface area contributed by atoms with Crippen molar-refractivity contribution in [2.75, 3.05) is 43.3 Å². The molecule has 3 rings (SSSR count). The molecule has 0 fully saturated rings. The summed E-state index contributed by atoms with van der Waals surface area (Å²) in [5.74, 6) is 3.03. The van der Waals surface area contributed by atoms with Crippen LogP contribution in [0.3, 0.4) is 0 Å². The van der Waals surface area contributed by atoms with Crippen molar-refractivity contribution in [2.24, 2.45) is 0 Å². The van der Waals surface area contributed by atoms with E-state index in [1.807, 2.05) is 19.1 Å². The molecule has 0 atom stereocenters. The zero-order valence-electron chi connectivity index (χ0n) is 17.6. The van der Waals surface area contributed by atoms with Gasteiger partial charge in [-0.05, 0) is 48.9 Å². The van der Waals surface area contributed by atoms with Crippen LogP contribution in [0.4, 0.5) is 27.9 Å². The monoisotopic (exact) mass is 423 g/mol. The fraction of sp³-hybridized carbons (Fsp3) is 0.238. The van der Waals surface area contributed by atoms with Crippen molar-refractivity contribution in [1.29, 1.82) is 0 Å². The molecule has 0 spiro atoms. The number of aryl methyl sites for hydroxylation is 1. The van der Waals surface area contributed by atoms with Gasteiger partial charge in [0.25, 0.3) is 0 Å². The SMILES string of the molecule is COc1ccc(NC(=O)NCCNc2ccc(Nc3cc(C)ccn3)nn2)cc1OC. The van der Waals surface area contributed by atoms with Crippen LogP contribution in [0.25, 0.3) is 0 Å².